The van der Waals surface area contributed by atoms with Gasteiger partial charge in [0.1, 0.15) is 5.82 Å². The summed E-state index contributed by atoms with van der Waals surface area (Å²) in [5.74, 6) is 0.928. The summed E-state index contributed by atoms with van der Waals surface area (Å²) < 4.78 is 0. The minimum Gasteiger partial charge on any atom is -0.311 e. The third-order valence-electron chi connectivity index (χ3n) is 2.66. The maximum Gasteiger partial charge on any atom is 0.148 e. The second kappa shape index (κ2) is 3.52. The lowest BCUT2D eigenvalue weighted by atomic mass is 10.2. The number of hydrazine groups is 2. The fraction of sp³-hybridized carbons (Fsp3) is 0.300. The van der Waals surface area contributed by atoms with Crippen LogP contribution in [0.2, 0.25) is 0 Å². The van der Waals surface area contributed by atoms with Gasteiger partial charge in [0, 0.05) is 25.7 Å². The lowest BCUT2D eigenvalue weighted by Gasteiger charge is -2.21. The molecule has 5 heteroatoms. The first kappa shape index (κ1) is 8.70. The van der Waals surface area contributed by atoms with Crippen LogP contribution in [0.3, 0.4) is 0 Å². The van der Waals surface area contributed by atoms with E-state index in [-0.39, 0.29) is 0 Å². The molecule has 2 aliphatic heterocycles. The van der Waals surface area contributed by atoms with Crippen LogP contribution in [0.15, 0.2) is 35.8 Å². The summed E-state index contributed by atoms with van der Waals surface area (Å²) in [4.78, 5) is 4.32. The van der Waals surface area contributed by atoms with Crippen LogP contribution in [0.4, 0.5) is 5.82 Å². The Kier molecular flexibility index (Phi) is 2.04. The Morgan fingerprint density at radius 2 is 2.33 bits per heavy atom. The van der Waals surface area contributed by atoms with Gasteiger partial charge in [0.15, 0.2) is 0 Å². The predicted molar refractivity (Wildman–Crippen MR) is 57.5 cm³/mol. The summed E-state index contributed by atoms with van der Waals surface area (Å²) in [6.07, 6.45) is 2.82. The van der Waals surface area contributed by atoms with E-state index < -0.39 is 0 Å². The molecule has 15 heavy (non-hydrogen) atoms. The third-order valence-corrected chi connectivity index (χ3v) is 2.66. The number of rotatable bonds is 1. The van der Waals surface area contributed by atoms with Crippen molar-refractivity contribution in [2.45, 2.75) is 6.42 Å². The zero-order chi connectivity index (χ0) is 10.1. The summed E-state index contributed by atoms with van der Waals surface area (Å²) in [6, 6.07) is 5.90. The van der Waals surface area contributed by atoms with Crippen molar-refractivity contribution in [3.05, 3.63) is 35.8 Å². The third kappa shape index (κ3) is 1.45. The first-order chi connectivity index (χ1) is 7.45. The van der Waals surface area contributed by atoms with E-state index in [4.69, 9.17) is 0 Å². The minimum absolute atomic E-state index is 0.895. The van der Waals surface area contributed by atoms with Crippen molar-refractivity contribution in [1.29, 1.82) is 0 Å². The molecule has 0 atom stereocenters. The van der Waals surface area contributed by atoms with Gasteiger partial charge in [-0.15, -0.1) is 5.53 Å². The van der Waals surface area contributed by atoms with Gasteiger partial charge in [-0.3, -0.25) is 0 Å². The van der Waals surface area contributed by atoms with Crippen LogP contribution in [0.25, 0.3) is 0 Å². The van der Waals surface area contributed by atoms with E-state index in [9.17, 15) is 0 Å². The van der Waals surface area contributed by atoms with Gasteiger partial charge >= 0.3 is 0 Å². The molecule has 0 spiro atoms. The molecule has 0 saturated carbocycles. The molecular formula is C10H13N5. The van der Waals surface area contributed by atoms with Gasteiger partial charge in [-0.2, -0.15) is 0 Å². The minimum atomic E-state index is 0.895. The Balaban J connectivity index is 1.93. The van der Waals surface area contributed by atoms with E-state index in [1.54, 1.807) is 6.20 Å². The Hall–Kier alpha value is -1.59. The quantitative estimate of drug-likeness (QED) is 0.605. The smallest absolute Gasteiger partial charge is 0.148 e. The highest BCUT2D eigenvalue weighted by Crippen LogP contribution is 2.22. The first-order valence-electron chi connectivity index (χ1n) is 5.11. The fourth-order valence-corrected chi connectivity index (χ4v) is 1.91. The number of hydrogen-bond acceptors (Lipinski definition) is 5. The molecule has 78 valence electrons. The van der Waals surface area contributed by atoms with Gasteiger partial charge in [-0.05, 0) is 12.1 Å². The van der Waals surface area contributed by atoms with Gasteiger partial charge in [0.25, 0.3) is 0 Å². The van der Waals surface area contributed by atoms with Crippen LogP contribution in [0.1, 0.15) is 6.42 Å². The highest BCUT2D eigenvalue weighted by molar-refractivity contribution is 5.48. The van der Waals surface area contributed by atoms with E-state index in [2.05, 4.69) is 21.3 Å². The Morgan fingerprint density at radius 1 is 1.33 bits per heavy atom. The van der Waals surface area contributed by atoms with Crippen molar-refractivity contribution in [3.8, 4) is 0 Å². The van der Waals surface area contributed by atoms with Crippen LogP contribution in [-0.2, 0) is 0 Å². The van der Waals surface area contributed by atoms with E-state index in [0.717, 1.165) is 25.3 Å². The Bertz CT molecular complexity index is 386. The number of nitrogens with zero attached hydrogens (tertiary/aromatic N) is 2. The van der Waals surface area contributed by atoms with Crippen LogP contribution >= 0.6 is 0 Å². The molecule has 1 aromatic heterocycles. The summed E-state index contributed by atoms with van der Waals surface area (Å²) in [6.45, 7) is 1.91. The molecule has 0 radical (unpaired) electrons. The molecule has 0 saturated heterocycles. The number of pyridine rings is 1. The molecular weight excluding hydrogens is 190 g/mol. The SMILES string of the molecule is c1ccc(N2NNC3=C2CCNC3)nc1. The van der Waals surface area contributed by atoms with Gasteiger partial charge in [-0.25, -0.2) is 9.99 Å². The van der Waals surface area contributed by atoms with Crippen molar-refractivity contribution in [1.82, 2.24) is 21.3 Å². The number of aromatic nitrogens is 1. The largest absolute Gasteiger partial charge is 0.311 e. The second-order valence-corrected chi connectivity index (χ2v) is 3.61. The molecule has 2 aliphatic rings. The van der Waals surface area contributed by atoms with Crippen molar-refractivity contribution in [2.24, 2.45) is 0 Å². The first-order valence-corrected chi connectivity index (χ1v) is 5.11. The Labute approximate surface area is 88.1 Å². The van der Waals surface area contributed by atoms with Gasteiger partial charge in [-0.1, -0.05) is 6.07 Å². The predicted octanol–water partition coefficient (Wildman–Crippen LogP) is 0.116. The van der Waals surface area contributed by atoms with Crippen molar-refractivity contribution < 1.29 is 0 Å². The zero-order valence-electron chi connectivity index (χ0n) is 8.33. The van der Waals surface area contributed by atoms with Crippen LogP contribution < -0.4 is 21.3 Å². The number of nitrogens with one attached hydrogen (secondary N) is 3. The monoisotopic (exact) mass is 203 g/mol. The summed E-state index contributed by atoms with van der Waals surface area (Å²) >= 11 is 0. The molecule has 5 nitrogen and oxygen atoms in total. The summed E-state index contributed by atoms with van der Waals surface area (Å²) in [5.41, 5.74) is 8.78. The van der Waals surface area contributed by atoms with Gasteiger partial charge in [0.2, 0.25) is 0 Å². The second-order valence-electron chi connectivity index (χ2n) is 3.61. The molecule has 0 aromatic carbocycles. The average molecular weight is 203 g/mol. The molecule has 0 fully saturated rings. The normalized spacial score (nSPS) is 20.1. The molecule has 0 aliphatic carbocycles. The van der Waals surface area contributed by atoms with Crippen molar-refractivity contribution in [3.63, 3.8) is 0 Å². The molecule has 3 rings (SSSR count). The van der Waals surface area contributed by atoms with E-state index in [0.29, 0.717) is 0 Å². The molecule has 1 aromatic rings. The maximum atomic E-state index is 4.32. The van der Waals surface area contributed by atoms with Gasteiger partial charge < -0.3 is 10.7 Å². The summed E-state index contributed by atoms with van der Waals surface area (Å²) in [7, 11) is 0. The zero-order valence-corrected chi connectivity index (χ0v) is 8.33. The molecule has 0 bridgehead atoms. The van der Waals surface area contributed by atoms with Gasteiger partial charge in [0.05, 0.1) is 11.4 Å². The molecule has 3 heterocycles. The lowest BCUT2D eigenvalue weighted by molar-refractivity contribution is 0.634. The average Bonchev–Trinajstić information content (AvgIpc) is 2.74. The summed E-state index contributed by atoms with van der Waals surface area (Å²) in [5, 5.41) is 5.33. The molecule has 3 N–H and O–H groups in total. The molecule has 0 unspecified atom stereocenters. The van der Waals surface area contributed by atoms with Crippen LogP contribution in [-0.4, -0.2) is 18.1 Å². The maximum absolute atomic E-state index is 4.32. The van der Waals surface area contributed by atoms with E-state index >= 15 is 0 Å². The molecule has 0 amide bonds. The number of anilines is 1. The van der Waals surface area contributed by atoms with Crippen molar-refractivity contribution >= 4 is 5.82 Å². The Morgan fingerprint density at radius 3 is 3.20 bits per heavy atom. The topological polar surface area (TPSA) is 52.2 Å². The lowest BCUT2D eigenvalue weighted by Crippen LogP contribution is -2.38. The van der Waals surface area contributed by atoms with Crippen LogP contribution in [0.5, 0.6) is 0 Å². The van der Waals surface area contributed by atoms with E-state index in [1.165, 1.54) is 11.4 Å². The van der Waals surface area contributed by atoms with E-state index in [1.807, 2.05) is 23.2 Å². The highest BCUT2D eigenvalue weighted by atomic mass is 15.7. The van der Waals surface area contributed by atoms with Crippen molar-refractivity contribution in [2.75, 3.05) is 18.1 Å². The number of hydrogen-bond donors (Lipinski definition) is 3. The van der Waals surface area contributed by atoms with Crippen LogP contribution in [0, 0.1) is 0 Å². The highest BCUT2D eigenvalue weighted by Gasteiger charge is 2.25. The standard InChI is InChI=1S/C10H13N5/c1-2-5-12-10(3-1)15-9-4-6-11-7-8(9)13-14-15/h1-3,5,11,13-14H,4,6-7H2. The fourth-order valence-electron chi connectivity index (χ4n) is 1.91.